The lowest BCUT2D eigenvalue weighted by Gasteiger charge is -2.31. The summed E-state index contributed by atoms with van der Waals surface area (Å²) in [5.41, 5.74) is 2.04. The summed E-state index contributed by atoms with van der Waals surface area (Å²) in [6, 6.07) is 12.5. The van der Waals surface area contributed by atoms with Crippen LogP contribution >= 0.6 is 23.2 Å². The van der Waals surface area contributed by atoms with Crippen molar-refractivity contribution < 1.29 is 14.3 Å². The lowest BCUT2D eigenvalue weighted by Crippen LogP contribution is -2.54. The van der Waals surface area contributed by atoms with Gasteiger partial charge in [-0.15, -0.1) is 0 Å². The lowest BCUT2D eigenvalue weighted by atomic mass is 9.93. The van der Waals surface area contributed by atoms with Crippen LogP contribution in [0.3, 0.4) is 0 Å². The minimum absolute atomic E-state index is 0.0880. The Morgan fingerprint density at radius 2 is 1.88 bits per heavy atom. The van der Waals surface area contributed by atoms with Crippen LogP contribution in [0.2, 0.25) is 10.0 Å². The van der Waals surface area contributed by atoms with Crippen molar-refractivity contribution in [1.82, 2.24) is 15.2 Å². The number of fused-ring (bicyclic) bond motifs is 1. The quantitative estimate of drug-likeness (QED) is 0.551. The average molecular weight is 486 g/mol. The number of amides is 2. The topological polar surface area (TPSA) is 74.4 Å². The summed E-state index contributed by atoms with van der Waals surface area (Å²) in [5.74, 6) is -0.256. The van der Waals surface area contributed by atoms with Crippen molar-refractivity contribution in [3.05, 3.63) is 69.8 Å². The monoisotopic (exact) mass is 485 g/mol. The zero-order valence-corrected chi connectivity index (χ0v) is 19.6. The number of aromatic nitrogens is 1. The van der Waals surface area contributed by atoms with Gasteiger partial charge >= 0.3 is 0 Å². The molecule has 1 atom stereocenters. The van der Waals surface area contributed by atoms with Crippen LogP contribution in [0.1, 0.15) is 24.0 Å². The minimum Gasteiger partial charge on any atom is -0.378 e. The highest BCUT2D eigenvalue weighted by Gasteiger charge is 2.53. The van der Waals surface area contributed by atoms with Gasteiger partial charge in [-0.3, -0.25) is 9.59 Å². The minimum atomic E-state index is -0.717. The van der Waals surface area contributed by atoms with Crippen molar-refractivity contribution in [3.63, 3.8) is 0 Å². The van der Waals surface area contributed by atoms with E-state index in [0.717, 1.165) is 22.0 Å². The highest BCUT2D eigenvalue weighted by atomic mass is 35.5. The molecule has 1 aliphatic carbocycles. The van der Waals surface area contributed by atoms with Crippen molar-refractivity contribution in [1.29, 1.82) is 0 Å². The number of hydrogen-bond donors (Lipinski definition) is 2. The molecule has 2 heterocycles. The van der Waals surface area contributed by atoms with Gasteiger partial charge in [0.1, 0.15) is 6.04 Å². The molecule has 2 fully saturated rings. The predicted molar refractivity (Wildman–Crippen MR) is 129 cm³/mol. The largest absolute Gasteiger partial charge is 0.378 e. The number of para-hydroxylation sites is 1. The van der Waals surface area contributed by atoms with Gasteiger partial charge in [-0.05, 0) is 42.2 Å². The number of halogens is 2. The maximum absolute atomic E-state index is 13.5. The Kier molecular flexibility index (Phi) is 6.08. The molecule has 0 bridgehead atoms. The number of carbonyl (C=O) groups is 2. The highest BCUT2D eigenvalue weighted by molar-refractivity contribution is 6.35. The van der Waals surface area contributed by atoms with E-state index in [4.69, 9.17) is 27.9 Å². The number of carbonyl (C=O) groups excluding carboxylic acids is 2. The Morgan fingerprint density at radius 3 is 2.61 bits per heavy atom. The Bertz CT molecular complexity index is 1200. The van der Waals surface area contributed by atoms with Crippen LogP contribution in [-0.4, -0.2) is 54.0 Å². The number of benzene rings is 2. The molecule has 0 unspecified atom stereocenters. The van der Waals surface area contributed by atoms with Gasteiger partial charge in [0.25, 0.3) is 0 Å². The van der Waals surface area contributed by atoms with E-state index in [2.05, 4.69) is 10.3 Å². The van der Waals surface area contributed by atoms with Gasteiger partial charge in [0, 0.05) is 46.7 Å². The predicted octanol–water partition coefficient (Wildman–Crippen LogP) is 4.09. The van der Waals surface area contributed by atoms with Crippen molar-refractivity contribution in [2.24, 2.45) is 0 Å². The van der Waals surface area contributed by atoms with E-state index in [0.29, 0.717) is 55.6 Å². The number of nitrogens with one attached hydrogen (secondary N) is 2. The van der Waals surface area contributed by atoms with Gasteiger partial charge in [-0.1, -0.05) is 47.5 Å². The summed E-state index contributed by atoms with van der Waals surface area (Å²) < 4.78 is 5.41. The zero-order chi connectivity index (χ0) is 23.0. The van der Waals surface area contributed by atoms with E-state index in [-0.39, 0.29) is 11.8 Å². The molecule has 2 amide bonds. The molecule has 1 aromatic heterocycles. The number of H-pyrrole nitrogens is 1. The van der Waals surface area contributed by atoms with E-state index < -0.39 is 11.5 Å². The highest BCUT2D eigenvalue weighted by Crippen LogP contribution is 2.51. The summed E-state index contributed by atoms with van der Waals surface area (Å²) in [7, 11) is 0. The Hall–Kier alpha value is -2.54. The van der Waals surface area contributed by atoms with Crippen LogP contribution in [0.15, 0.2) is 48.7 Å². The zero-order valence-electron chi connectivity index (χ0n) is 18.1. The second kappa shape index (κ2) is 9.01. The number of aromatic amines is 1. The number of hydrogen-bond acceptors (Lipinski definition) is 3. The lowest BCUT2D eigenvalue weighted by molar-refractivity contribution is -0.140. The molecule has 2 aliphatic rings. The van der Waals surface area contributed by atoms with Crippen LogP contribution in [0.4, 0.5) is 0 Å². The fourth-order valence-corrected chi connectivity index (χ4v) is 5.23. The summed E-state index contributed by atoms with van der Waals surface area (Å²) in [5, 5.41) is 5.14. The van der Waals surface area contributed by atoms with Gasteiger partial charge in [0.05, 0.1) is 18.6 Å². The summed E-state index contributed by atoms with van der Waals surface area (Å²) in [6.07, 6.45) is 3.69. The summed E-state index contributed by atoms with van der Waals surface area (Å²) in [6.45, 7) is 2.05. The van der Waals surface area contributed by atoms with Gasteiger partial charge < -0.3 is 19.9 Å². The molecular weight excluding hydrogens is 461 g/mol. The third-order valence-electron chi connectivity index (χ3n) is 6.66. The molecule has 172 valence electrons. The first-order chi connectivity index (χ1) is 16.0. The van der Waals surface area contributed by atoms with Gasteiger partial charge in [-0.2, -0.15) is 0 Å². The second-order valence-corrected chi connectivity index (χ2v) is 9.58. The summed E-state index contributed by atoms with van der Waals surface area (Å²) >= 11 is 12.5. The molecule has 6 nitrogen and oxygen atoms in total. The van der Waals surface area contributed by atoms with Crippen molar-refractivity contribution in [2.75, 3.05) is 26.3 Å². The molecule has 1 saturated heterocycles. The number of morpholine rings is 1. The molecule has 33 heavy (non-hydrogen) atoms. The fraction of sp³-hybridized carbons (Fsp3) is 0.360. The van der Waals surface area contributed by atoms with Crippen molar-refractivity contribution >= 4 is 45.9 Å². The van der Waals surface area contributed by atoms with Crippen LogP contribution in [0.25, 0.3) is 10.9 Å². The van der Waals surface area contributed by atoms with E-state index in [9.17, 15) is 9.59 Å². The fourth-order valence-electron chi connectivity index (χ4n) is 4.64. The molecule has 8 heteroatoms. The number of ether oxygens (including phenoxy) is 1. The smallest absolute Gasteiger partial charge is 0.245 e. The third-order valence-corrected chi connectivity index (χ3v) is 7.20. The van der Waals surface area contributed by atoms with E-state index in [1.54, 1.807) is 17.0 Å². The van der Waals surface area contributed by atoms with Crippen LogP contribution in [-0.2, 0) is 26.2 Å². The van der Waals surface area contributed by atoms with Gasteiger partial charge in [-0.25, -0.2) is 0 Å². The Balaban J connectivity index is 1.42. The van der Waals surface area contributed by atoms with Crippen molar-refractivity contribution in [3.8, 4) is 0 Å². The normalized spacial score (nSPS) is 18.2. The first-order valence-corrected chi connectivity index (χ1v) is 11.9. The van der Waals surface area contributed by atoms with Gasteiger partial charge in [0.15, 0.2) is 0 Å². The number of rotatable bonds is 6. The summed E-state index contributed by atoms with van der Waals surface area (Å²) in [4.78, 5) is 32.1. The number of nitrogens with zero attached hydrogens (tertiary/aromatic N) is 1. The average Bonchev–Trinajstić information content (AvgIpc) is 3.54. The van der Waals surface area contributed by atoms with Crippen LogP contribution in [0, 0.1) is 0 Å². The Labute approximate surface area is 202 Å². The molecule has 2 aromatic carbocycles. The van der Waals surface area contributed by atoms with E-state index in [1.165, 1.54) is 0 Å². The molecule has 0 radical (unpaired) electrons. The molecule has 5 rings (SSSR count). The SMILES string of the molecule is O=C([C@H](Cc1c[nH]c2ccccc12)NC(=O)C1(c2ccc(Cl)cc2Cl)CC1)N1CCOCC1. The molecule has 2 N–H and O–H groups in total. The molecule has 3 aromatic rings. The first-order valence-electron chi connectivity index (χ1n) is 11.2. The Morgan fingerprint density at radius 1 is 1.12 bits per heavy atom. The van der Waals surface area contributed by atoms with E-state index >= 15 is 0 Å². The van der Waals surface area contributed by atoms with Crippen molar-refractivity contribution in [2.45, 2.75) is 30.7 Å². The molecule has 1 saturated carbocycles. The first kappa shape index (κ1) is 22.3. The molecule has 0 spiro atoms. The molecular formula is C25H25Cl2N3O3. The van der Waals surface area contributed by atoms with Gasteiger partial charge in [0.2, 0.25) is 11.8 Å². The van der Waals surface area contributed by atoms with E-state index in [1.807, 2.05) is 36.5 Å². The van der Waals surface area contributed by atoms with Crippen LogP contribution < -0.4 is 5.32 Å². The molecule has 1 aliphatic heterocycles. The van der Waals surface area contributed by atoms with Crippen LogP contribution in [0.5, 0.6) is 0 Å². The maximum atomic E-state index is 13.5. The standard InChI is InChI=1S/C25H25Cl2N3O3/c26-17-5-6-19(20(27)14-17)25(7-8-25)24(32)29-22(23(31)30-9-11-33-12-10-30)13-16-15-28-21-4-2-1-3-18(16)21/h1-6,14-15,22,28H,7-13H2,(H,29,32)/t22-/m0/s1. The third kappa shape index (κ3) is 4.35. The maximum Gasteiger partial charge on any atom is 0.245 e. The second-order valence-electron chi connectivity index (χ2n) is 8.73.